The summed E-state index contributed by atoms with van der Waals surface area (Å²) in [6, 6.07) is 15.0. The zero-order valence-electron chi connectivity index (χ0n) is 15.6. The molecule has 1 saturated heterocycles. The number of nitrogens with zero attached hydrogens (tertiary/aromatic N) is 2. The molecule has 5 nitrogen and oxygen atoms in total. The molecule has 5 heteroatoms. The van der Waals surface area contributed by atoms with Gasteiger partial charge in [0.15, 0.2) is 0 Å². The van der Waals surface area contributed by atoms with Crippen molar-refractivity contribution in [3.63, 3.8) is 0 Å². The van der Waals surface area contributed by atoms with E-state index in [2.05, 4.69) is 40.1 Å². The number of hydrogen-bond donors (Lipinski definition) is 1. The highest BCUT2D eigenvalue weighted by Crippen LogP contribution is 2.18. The highest BCUT2D eigenvalue weighted by atomic mass is 16.5. The quantitative estimate of drug-likeness (QED) is 0.746. The predicted octanol–water partition coefficient (Wildman–Crippen LogP) is 2.54. The molecule has 0 aliphatic carbocycles. The third-order valence-electron chi connectivity index (χ3n) is 5.06. The van der Waals surface area contributed by atoms with Gasteiger partial charge in [-0.2, -0.15) is 0 Å². The van der Waals surface area contributed by atoms with Gasteiger partial charge in [-0.05, 0) is 30.5 Å². The van der Waals surface area contributed by atoms with Crippen molar-refractivity contribution in [3.05, 3.63) is 59.5 Å². The molecule has 0 saturated carbocycles. The Hall–Kier alpha value is -1.66. The smallest absolute Gasteiger partial charge is 0.129 e. The molecule has 142 valence electrons. The van der Waals surface area contributed by atoms with E-state index >= 15 is 0 Å². The molecule has 0 radical (unpaired) electrons. The van der Waals surface area contributed by atoms with E-state index in [1.165, 1.54) is 5.56 Å². The lowest BCUT2D eigenvalue weighted by Crippen LogP contribution is -2.53. The standard InChI is InChI=1S/C21H30N2O3/c1-25-17-21-8-7-20(26-21)16-22-12-13-23(19(15-22)10-14-24)11-9-18-5-3-2-4-6-18/h2-8,19,24H,9-17H2,1H3/t19-/m1/s1. The Labute approximate surface area is 156 Å². The number of benzene rings is 1. The van der Waals surface area contributed by atoms with Gasteiger partial charge in [0.05, 0.1) is 6.54 Å². The Balaban J connectivity index is 1.53. The minimum Gasteiger partial charge on any atom is -0.462 e. The Morgan fingerprint density at radius 1 is 1.12 bits per heavy atom. The fourth-order valence-electron chi connectivity index (χ4n) is 3.68. The van der Waals surface area contributed by atoms with Crippen LogP contribution in [-0.2, 0) is 24.3 Å². The van der Waals surface area contributed by atoms with Crippen LogP contribution in [0.4, 0.5) is 0 Å². The first kappa shape index (κ1) is 19.1. The van der Waals surface area contributed by atoms with Crippen LogP contribution in [0.25, 0.3) is 0 Å². The molecular weight excluding hydrogens is 328 g/mol. The van der Waals surface area contributed by atoms with E-state index in [9.17, 15) is 5.11 Å². The third-order valence-corrected chi connectivity index (χ3v) is 5.06. The number of piperazine rings is 1. The monoisotopic (exact) mass is 358 g/mol. The predicted molar refractivity (Wildman–Crippen MR) is 102 cm³/mol. The fraction of sp³-hybridized carbons (Fsp3) is 0.524. The van der Waals surface area contributed by atoms with Crippen LogP contribution in [0.1, 0.15) is 23.5 Å². The van der Waals surface area contributed by atoms with Crippen LogP contribution in [0, 0.1) is 0 Å². The second-order valence-corrected chi connectivity index (χ2v) is 6.97. The van der Waals surface area contributed by atoms with Crippen molar-refractivity contribution in [2.45, 2.75) is 32.0 Å². The van der Waals surface area contributed by atoms with Crippen LogP contribution in [0.2, 0.25) is 0 Å². The van der Waals surface area contributed by atoms with Crippen molar-refractivity contribution in [2.24, 2.45) is 0 Å². The van der Waals surface area contributed by atoms with Gasteiger partial charge in [-0.3, -0.25) is 9.80 Å². The fourth-order valence-corrected chi connectivity index (χ4v) is 3.68. The van der Waals surface area contributed by atoms with Gasteiger partial charge in [-0.1, -0.05) is 30.3 Å². The molecule has 3 rings (SSSR count). The van der Waals surface area contributed by atoms with E-state index in [4.69, 9.17) is 9.15 Å². The third kappa shape index (κ3) is 5.42. The molecule has 26 heavy (non-hydrogen) atoms. The molecule has 1 aromatic carbocycles. The minimum absolute atomic E-state index is 0.235. The molecule has 1 atom stereocenters. The van der Waals surface area contributed by atoms with Gasteiger partial charge in [0.2, 0.25) is 0 Å². The zero-order chi connectivity index (χ0) is 18.2. The molecule has 0 spiro atoms. The van der Waals surface area contributed by atoms with Gasteiger partial charge < -0.3 is 14.3 Å². The van der Waals surface area contributed by atoms with Gasteiger partial charge >= 0.3 is 0 Å². The lowest BCUT2D eigenvalue weighted by molar-refractivity contribution is 0.0522. The number of aliphatic hydroxyl groups excluding tert-OH is 1. The molecule has 2 aromatic rings. The zero-order valence-corrected chi connectivity index (χ0v) is 15.6. The van der Waals surface area contributed by atoms with Crippen LogP contribution >= 0.6 is 0 Å². The Kier molecular flexibility index (Phi) is 7.26. The van der Waals surface area contributed by atoms with Gasteiger partial charge in [0, 0.05) is 45.9 Å². The first-order valence-electron chi connectivity index (χ1n) is 9.46. The number of ether oxygens (including phenoxy) is 1. The highest BCUT2D eigenvalue weighted by molar-refractivity contribution is 5.15. The molecule has 0 amide bonds. The average Bonchev–Trinajstić information content (AvgIpc) is 3.09. The molecule has 1 aliphatic heterocycles. The van der Waals surface area contributed by atoms with Crippen molar-refractivity contribution in [3.8, 4) is 0 Å². The summed E-state index contributed by atoms with van der Waals surface area (Å²) in [5.41, 5.74) is 1.37. The molecule has 1 aromatic heterocycles. The van der Waals surface area contributed by atoms with E-state index in [0.717, 1.165) is 57.1 Å². The molecule has 0 unspecified atom stereocenters. The molecule has 1 fully saturated rings. The minimum atomic E-state index is 0.235. The molecule has 1 N–H and O–H groups in total. The summed E-state index contributed by atoms with van der Waals surface area (Å²) < 4.78 is 10.9. The van der Waals surface area contributed by atoms with Gasteiger partial charge in [-0.25, -0.2) is 0 Å². The Bertz CT molecular complexity index is 644. The van der Waals surface area contributed by atoms with E-state index < -0.39 is 0 Å². The Morgan fingerprint density at radius 2 is 1.92 bits per heavy atom. The van der Waals surface area contributed by atoms with E-state index in [1.807, 2.05) is 12.1 Å². The maximum Gasteiger partial charge on any atom is 0.129 e. The summed E-state index contributed by atoms with van der Waals surface area (Å²) in [4.78, 5) is 4.95. The number of methoxy groups -OCH3 is 1. The highest BCUT2D eigenvalue weighted by Gasteiger charge is 2.26. The summed E-state index contributed by atoms with van der Waals surface area (Å²) in [6.07, 6.45) is 1.87. The number of rotatable bonds is 9. The number of aliphatic hydroxyl groups is 1. The van der Waals surface area contributed by atoms with E-state index in [-0.39, 0.29) is 6.61 Å². The van der Waals surface area contributed by atoms with Crippen molar-refractivity contribution >= 4 is 0 Å². The summed E-state index contributed by atoms with van der Waals surface area (Å²) in [6.45, 7) is 5.63. The molecule has 2 heterocycles. The van der Waals surface area contributed by atoms with Gasteiger partial charge in [0.25, 0.3) is 0 Å². The maximum absolute atomic E-state index is 9.48. The van der Waals surface area contributed by atoms with Crippen molar-refractivity contribution < 1.29 is 14.3 Å². The summed E-state index contributed by atoms with van der Waals surface area (Å²) >= 11 is 0. The SMILES string of the molecule is COCc1ccc(CN2CCN(CCc3ccccc3)[C@H](CCO)C2)o1. The average molecular weight is 358 g/mol. The Morgan fingerprint density at radius 3 is 2.69 bits per heavy atom. The second kappa shape index (κ2) is 9.88. The van der Waals surface area contributed by atoms with Crippen molar-refractivity contribution in [1.82, 2.24) is 9.80 Å². The molecular formula is C21H30N2O3. The van der Waals surface area contributed by atoms with Gasteiger partial charge in [0.1, 0.15) is 18.1 Å². The summed E-state index contributed by atoms with van der Waals surface area (Å²) in [5.74, 6) is 1.86. The molecule has 1 aliphatic rings. The number of hydrogen-bond acceptors (Lipinski definition) is 5. The molecule has 0 bridgehead atoms. The van der Waals surface area contributed by atoms with Crippen LogP contribution in [0.5, 0.6) is 0 Å². The van der Waals surface area contributed by atoms with E-state index in [0.29, 0.717) is 12.6 Å². The van der Waals surface area contributed by atoms with Crippen LogP contribution in [0.3, 0.4) is 0 Å². The van der Waals surface area contributed by atoms with Crippen LogP contribution in [-0.4, -0.2) is 60.8 Å². The van der Waals surface area contributed by atoms with Crippen molar-refractivity contribution in [2.75, 3.05) is 39.9 Å². The lowest BCUT2D eigenvalue weighted by atomic mass is 10.1. The van der Waals surface area contributed by atoms with E-state index in [1.54, 1.807) is 7.11 Å². The van der Waals surface area contributed by atoms with Crippen molar-refractivity contribution in [1.29, 1.82) is 0 Å². The lowest BCUT2D eigenvalue weighted by Gasteiger charge is -2.41. The van der Waals surface area contributed by atoms with Crippen LogP contribution < -0.4 is 0 Å². The summed E-state index contributed by atoms with van der Waals surface area (Å²) in [7, 11) is 1.68. The first-order valence-corrected chi connectivity index (χ1v) is 9.46. The largest absolute Gasteiger partial charge is 0.462 e. The number of furan rings is 1. The normalized spacial score (nSPS) is 19.1. The van der Waals surface area contributed by atoms with Gasteiger partial charge in [-0.15, -0.1) is 0 Å². The maximum atomic E-state index is 9.48. The van der Waals surface area contributed by atoms with Crippen LogP contribution in [0.15, 0.2) is 46.9 Å². The second-order valence-electron chi connectivity index (χ2n) is 6.97. The summed E-state index contributed by atoms with van der Waals surface area (Å²) in [5, 5.41) is 9.48. The first-order chi connectivity index (χ1) is 12.8. The topological polar surface area (TPSA) is 49.1 Å².